The summed E-state index contributed by atoms with van der Waals surface area (Å²) in [4.78, 5) is 29.5. The number of carbonyl (C=O) groups is 1. The van der Waals surface area contributed by atoms with Gasteiger partial charge in [0.25, 0.3) is 5.91 Å². The van der Waals surface area contributed by atoms with Crippen molar-refractivity contribution in [1.29, 1.82) is 0 Å². The Morgan fingerprint density at radius 1 is 1.04 bits per heavy atom. The van der Waals surface area contributed by atoms with Crippen LogP contribution in [0.5, 0.6) is 0 Å². The molecule has 0 aliphatic rings. The van der Waals surface area contributed by atoms with Gasteiger partial charge in [-0.05, 0) is 24.6 Å². The smallest absolute Gasteiger partial charge is 0.263 e. The van der Waals surface area contributed by atoms with Gasteiger partial charge >= 0.3 is 0 Å². The van der Waals surface area contributed by atoms with E-state index in [9.17, 15) is 4.79 Å². The molecule has 6 nitrogen and oxygen atoms in total. The zero-order valence-electron chi connectivity index (χ0n) is 12.3. The first-order valence-corrected chi connectivity index (χ1v) is 8.06. The summed E-state index contributed by atoms with van der Waals surface area (Å²) in [5.41, 5.74) is 0.776. The maximum Gasteiger partial charge on any atom is 0.263 e. The van der Waals surface area contributed by atoms with Crippen LogP contribution in [0.1, 0.15) is 21.9 Å². The van der Waals surface area contributed by atoms with Gasteiger partial charge in [-0.25, -0.2) is 15.0 Å². The highest BCUT2D eigenvalue weighted by Gasteiger charge is 2.11. The van der Waals surface area contributed by atoms with Gasteiger partial charge in [0.1, 0.15) is 15.7 Å². The van der Waals surface area contributed by atoms with Crippen molar-refractivity contribution in [2.75, 3.05) is 6.54 Å². The van der Waals surface area contributed by atoms with Crippen LogP contribution in [-0.2, 0) is 6.42 Å². The van der Waals surface area contributed by atoms with E-state index in [2.05, 4.69) is 25.3 Å². The Hall–Kier alpha value is -2.67. The fourth-order valence-corrected chi connectivity index (χ4v) is 2.79. The summed E-state index contributed by atoms with van der Waals surface area (Å²) in [6.07, 6.45) is 8.27. The third-order valence-electron chi connectivity index (χ3n) is 3.10. The summed E-state index contributed by atoms with van der Waals surface area (Å²) in [5.74, 6) is 0.677. The van der Waals surface area contributed by atoms with Crippen molar-refractivity contribution in [2.24, 2.45) is 0 Å². The van der Waals surface area contributed by atoms with Crippen molar-refractivity contribution in [2.45, 2.75) is 12.8 Å². The average Bonchev–Trinajstić information content (AvgIpc) is 3.10. The molecule has 0 aromatic carbocycles. The van der Waals surface area contributed by atoms with Gasteiger partial charge in [-0.3, -0.25) is 9.78 Å². The van der Waals surface area contributed by atoms with Gasteiger partial charge in [0.05, 0.1) is 11.9 Å². The molecule has 0 bridgehead atoms. The van der Waals surface area contributed by atoms with Crippen molar-refractivity contribution in [3.05, 3.63) is 59.8 Å². The van der Waals surface area contributed by atoms with Gasteiger partial charge in [0.2, 0.25) is 0 Å². The van der Waals surface area contributed by atoms with Gasteiger partial charge in [0.15, 0.2) is 0 Å². The normalized spacial score (nSPS) is 10.4. The number of carbonyl (C=O) groups excluding carboxylic acids is 1. The maximum absolute atomic E-state index is 12.1. The minimum atomic E-state index is -0.112. The molecule has 0 fully saturated rings. The molecule has 1 N–H and O–H groups in total. The second kappa shape index (κ2) is 7.55. The van der Waals surface area contributed by atoms with Crippen LogP contribution in [0.4, 0.5) is 0 Å². The summed E-state index contributed by atoms with van der Waals surface area (Å²) >= 11 is 1.34. The zero-order chi connectivity index (χ0) is 15.9. The molecule has 0 saturated heterocycles. The molecule has 3 aromatic heterocycles. The van der Waals surface area contributed by atoms with Gasteiger partial charge in [-0.1, -0.05) is 6.07 Å². The van der Waals surface area contributed by atoms with E-state index in [0.29, 0.717) is 11.4 Å². The second-order valence-electron chi connectivity index (χ2n) is 4.77. The van der Waals surface area contributed by atoms with Crippen LogP contribution in [0.15, 0.2) is 49.1 Å². The number of amides is 1. The lowest BCUT2D eigenvalue weighted by Crippen LogP contribution is -2.24. The first-order valence-electron chi connectivity index (χ1n) is 7.24. The third-order valence-corrected chi connectivity index (χ3v) is 4.11. The van der Waals surface area contributed by atoms with E-state index >= 15 is 0 Å². The monoisotopic (exact) mass is 325 g/mol. The predicted molar refractivity (Wildman–Crippen MR) is 88.0 cm³/mol. The van der Waals surface area contributed by atoms with Gasteiger partial charge in [-0.15, -0.1) is 11.3 Å². The fourth-order valence-electron chi connectivity index (χ4n) is 1.98. The number of nitrogens with zero attached hydrogens (tertiary/aromatic N) is 4. The lowest BCUT2D eigenvalue weighted by molar-refractivity contribution is 0.0957. The molecule has 0 aliphatic heterocycles. The minimum Gasteiger partial charge on any atom is -0.351 e. The molecule has 0 unspecified atom stereocenters. The van der Waals surface area contributed by atoms with Crippen LogP contribution in [-0.4, -0.2) is 32.4 Å². The number of rotatable bonds is 6. The van der Waals surface area contributed by atoms with Crippen molar-refractivity contribution in [1.82, 2.24) is 25.3 Å². The van der Waals surface area contributed by atoms with Crippen molar-refractivity contribution in [3.63, 3.8) is 0 Å². The van der Waals surface area contributed by atoms with Crippen LogP contribution in [0, 0.1) is 0 Å². The third kappa shape index (κ3) is 4.17. The molecule has 3 heterocycles. The summed E-state index contributed by atoms with van der Waals surface area (Å²) in [6.45, 7) is 0.577. The van der Waals surface area contributed by atoms with Crippen LogP contribution < -0.4 is 5.32 Å². The van der Waals surface area contributed by atoms with Gasteiger partial charge in [0, 0.05) is 31.6 Å². The largest absolute Gasteiger partial charge is 0.351 e. The topological polar surface area (TPSA) is 80.7 Å². The van der Waals surface area contributed by atoms with Crippen LogP contribution in [0.25, 0.3) is 10.7 Å². The molecule has 0 radical (unpaired) electrons. The molecule has 0 aliphatic carbocycles. The van der Waals surface area contributed by atoms with Gasteiger partial charge < -0.3 is 5.32 Å². The number of aryl methyl sites for hydroxylation is 1. The van der Waals surface area contributed by atoms with Crippen molar-refractivity contribution < 1.29 is 4.79 Å². The Bertz CT molecular complexity index is 760. The maximum atomic E-state index is 12.1. The molecule has 7 heteroatoms. The van der Waals surface area contributed by atoms with E-state index < -0.39 is 0 Å². The number of nitrogens with one attached hydrogen (secondary N) is 1. The predicted octanol–water partition coefficient (Wildman–Crippen LogP) is 2.36. The number of aromatic nitrogens is 4. The SMILES string of the molecule is O=C(NCCCc1ncccn1)c1cnc(-c2ccccn2)s1. The van der Waals surface area contributed by atoms with Crippen molar-refractivity contribution >= 4 is 17.2 Å². The first kappa shape index (κ1) is 15.2. The highest BCUT2D eigenvalue weighted by atomic mass is 32.1. The standard InChI is InChI=1S/C16H15N5OS/c22-15(20-8-3-6-14-18-9-4-10-19-14)13-11-21-16(23-13)12-5-1-2-7-17-12/h1-2,4-5,7,9-11H,3,6,8H2,(H,20,22). The highest BCUT2D eigenvalue weighted by molar-refractivity contribution is 7.16. The Balaban J connectivity index is 1.50. The molecule has 3 aromatic rings. The summed E-state index contributed by atoms with van der Waals surface area (Å²) in [7, 11) is 0. The van der Waals surface area contributed by atoms with Crippen LogP contribution in [0.3, 0.4) is 0 Å². The number of hydrogen-bond acceptors (Lipinski definition) is 6. The van der Waals surface area contributed by atoms with E-state index in [4.69, 9.17) is 0 Å². The molecule has 1 amide bonds. The minimum absolute atomic E-state index is 0.112. The highest BCUT2D eigenvalue weighted by Crippen LogP contribution is 2.22. The van der Waals surface area contributed by atoms with Crippen LogP contribution >= 0.6 is 11.3 Å². The molecule has 3 rings (SSSR count). The number of thiazole rings is 1. The van der Waals surface area contributed by atoms with E-state index in [0.717, 1.165) is 29.4 Å². The van der Waals surface area contributed by atoms with Gasteiger partial charge in [-0.2, -0.15) is 0 Å². The molecule has 0 saturated carbocycles. The van der Waals surface area contributed by atoms with E-state index in [1.165, 1.54) is 11.3 Å². The molecule has 116 valence electrons. The Kier molecular flexibility index (Phi) is 5.00. The van der Waals surface area contributed by atoms with Crippen LogP contribution in [0.2, 0.25) is 0 Å². The lowest BCUT2D eigenvalue weighted by atomic mass is 10.3. The molecular weight excluding hydrogens is 310 g/mol. The molecule has 0 spiro atoms. The molecule has 0 atom stereocenters. The summed E-state index contributed by atoms with van der Waals surface area (Å²) in [5, 5.41) is 3.63. The van der Waals surface area contributed by atoms with Crippen molar-refractivity contribution in [3.8, 4) is 10.7 Å². The van der Waals surface area contributed by atoms with E-state index in [1.807, 2.05) is 18.2 Å². The fraction of sp³-hybridized carbons (Fsp3) is 0.188. The molecular formula is C16H15N5OS. The Morgan fingerprint density at radius 2 is 1.87 bits per heavy atom. The second-order valence-corrected chi connectivity index (χ2v) is 5.80. The average molecular weight is 325 g/mol. The number of hydrogen-bond donors (Lipinski definition) is 1. The lowest BCUT2D eigenvalue weighted by Gasteiger charge is -2.02. The van der Waals surface area contributed by atoms with E-state index in [-0.39, 0.29) is 5.91 Å². The zero-order valence-corrected chi connectivity index (χ0v) is 13.2. The first-order chi connectivity index (χ1) is 11.3. The number of pyridine rings is 1. The van der Waals surface area contributed by atoms with E-state index in [1.54, 1.807) is 30.9 Å². The summed E-state index contributed by atoms with van der Waals surface area (Å²) < 4.78 is 0. The molecule has 23 heavy (non-hydrogen) atoms. The quantitative estimate of drug-likeness (QED) is 0.704. The summed E-state index contributed by atoms with van der Waals surface area (Å²) in [6, 6.07) is 7.41. The Morgan fingerprint density at radius 3 is 2.65 bits per heavy atom. The Labute approximate surface area is 137 Å².